The molecule has 8 heteroatoms. The molecule has 2 aromatic rings. The molecular formula is C16H20FN5O2. The first kappa shape index (κ1) is 16.2. The minimum absolute atomic E-state index is 0.232. The molecule has 0 spiro atoms. The van der Waals surface area contributed by atoms with Gasteiger partial charge < -0.3 is 15.4 Å². The summed E-state index contributed by atoms with van der Waals surface area (Å²) < 4.78 is 20.8. The molecule has 0 radical (unpaired) electrons. The molecule has 3 rings (SSSR count). The minimum Gasteiger partial charge on any atom is -0.487 e. The lowest BCUT2D eigenvalue weighted by molar-refractivity contribution is 0.0674. The van der Waals surface area contributed by atoms with Crippen molar-refractivity contribution in [1.82, 2.24) is 25.4 Å². The van der Waals surface area contributed by atoms with E-state index in [4.69, 9.17) is 4.74 Å². The fourth-order valence-corrected chi connectivity index (χ4v) is 2.79. The van der Waals surface area contributed by atoms with Crippen LogP contribution in [0.15, 0.2) is 24.5 Å². The Bertz CT molecular complexity index is 759. The number of hydrogen-bond acceptors (Lipinski definition) is 4. The maximum absolute atomic E-state index is 13.5. The number of aromatic nitrogens is 3. The van der Waals surface area contributed by atoms with E-state index >= 15 is 0 Å². The molecule has 1 atom stereocenters. The zero-order valence-corrected chi connectivity index (χ0v) is 13.8. The van der Waals surface area contributed by atoms with Crippen molar-refractivity contribution in [2.45, 2.75) is 38.5 Å². The van der Waals surface area contributed by atoms with E-state index < -0.39 is 5.60 Å². The third-order valence-corrected chi connectivity index (χ3v) is 3.79. The molecule has 7 nitrogen and oxygen atoms in total. The second-order valence-corrected chi connectivity index (χ2v) is 6.46. The van der Waals surface area contributed by atoms with E-state index in [-0.39, 0.29) is 24.4 Å². The number of rotatable bonds is 3. The number of fused-ring (bicyclic) bond motifs is 1. The van der Waals surface area contributed by atoms with Gasteiger partial charge in [-0.25, -0.2) is 14.2 Å². The first-order valence-corrected chi connectivity index (χ1v) is 7.70. The number of nitrogens with one attached hydrogen (secondary N) is 2. The van der Waals surface area contributed by atoms with Crippen LogP contribution in [0.4, 0.5) is 9.18 Å². The average molecular weight is 333 g/mol. The number of carbonyl (C=O) groups is 1. The molecule has 24 heavy (non-hydrogen) atoms. The van der Waals surface area contributed by atoms with Crippen LogP contribution in [0.5, 0.6) is 5.75 Å². The fourth-order valence-electron chi connectivity index (χ4n) is 2.79. The first-order valence-electron chi connectivity index (χ1n) is 7.70. The lowest BCUT2D eigenvalue weighted by Crippen LogP contribution is -2.44. The van der Waals surface area contributed by atoms with Gasteiger partial charge in [0.25, 0.3) is 0 Å². The maximum atomic E-state index is 13.5. The Labute approximate surface area is 139 Å². The first-order chi connectivity index (χ1) is 11.3. The van der Waals surface area contributed by atoms with Gasteiger partial charge in [0.15, 0.2) is 5.82 Å². The summed E-state index contributed by atoms with van der Waals surface area (Å²) in [6, 6.07) is 3.76. The molecule has 0 fully saturated rings. The van der Waals surface area contributed by atoms with Crippen LogP contribution in [0.2, 0.25) is 0 Å². The van der Waals surface area contributed by atoms with Crippen LogP contribution in [0.25, 0.3) is 0 Å². The van der Waals surface area contributed by atoms with Crippen molar-refractivity contribution in [1.29, 1.82) is 0 Å². The highest BCUT2D eigenvalue weighted by molar-refractivity contribution is 5.74. The summed E-state index contributed by atoms with van der Waals surface area (Å²) in [6.07, 6.45) is 2.15. The summed E-state index contributed by atoms with van der Waals surface area (Å²) in [6.45, 7) is 4.05. The van der Waals surface area contributed by atoms with Crippen LogP contribution in [0, 0.1) is 5.82 Å². The van der Waals surface area contributed by atoms with E-state index in [2.05, 4.69) is 20.7 Å². The number of nitrogens with zero attached hydrogens (tertiary/aromatic N) is 3. The van der Waals surface area contributed by atoms with Crippen molar-refractivity contribution in [3.05, 3.63) is 41.7 Å². The topological polar surface area (TPSA) is 81.1 Å². The summed E-state index contributed by atoms with van der Waals surface area (Å²) in [5.41, 5.74) is 0.267. The van der Waals surface area contributed by atoms with Crippen LogP contribution in [-0.4, -0.2) is 26.4 Å². The van der Waals surface area contributed by atoms with Gasteiger partial charge in [-0.3, -0.25) is 4.68 Å². The summed E-state index contributed by atoms with van der Waals surface area (Å²) in [7, 11) is 1.76. The molecule has 0 bridgehead atoms. The Kier molecular flexibility index (Phi) is 4.13. The van der Waals surface area contributed by atoms with Crippen molar-refractivity contribution < 1.29 is 13.9 Å². The molecule has 1 aromatic carbocycles. The molecule has 1 aromatic heterocycles. The van der Waals surface area contributed by atoms with Crippen LogP contribution in [-0.2, 0) is 13.6 Å². The van der Waals surface area contributed by atoms with Gasteiger partial charge in [-0.05, 0) is 19.9 Å². The number of aryl methyl sites for hydroxylation is 1. The quantitative estimate of drug-likeness (QED) is 0.901. The highest BCUT2D eigenvalue weighted by Gasteiger charge is 2.34. The molecule has 1 aliphatic rings. The lowest BCUT2D eigenvalue weighted by atomic mass is 9.90. The number of hydrogen-bond donors (Lipinski definition) is 2. The van der Waals surface area contributed by atoms with Crippen LogP contribution < -0.4 is 15.4 Å². The van der Waals surface area contributed by atoms with Gasteiger partial charge >= 0.3 is 6.03 Å². The number of benzene rings is 1. The van der Waals surface area contributed by atoms with Crippen LogP contribution >= 0.6 is 0 Å². The minimum atomic E-state index is -0.499. The zero-order chi connectivity index (χ0) is 17.3. The monoisotopic (exact) mass is 333 g/mol. The molecule has 0 saturated carbocycles. The predicted molar refractivity (Wildman–Crippen MR) is 84.8 cm³/mol. The largest absolute Gasteiger partial charge is 0.487 e. The van der Waals surface area contributed by atoms with Gasteiger partial charge in [-0.2, -0.15) is 5.10 Å². The van der Waals surface area contributed by atoms with Gasteiger partial charge in [-0.15, -0.1) is 0 Å². The smallest absolute Gasteiger partial charge is 0.315 e. The summed E-state index contributed by atoms with van der Waals surface area (Å²) >= 11 is 0. The van der Waals surface area contributed by atoms with Gasteiger partial charge in [-0.1, -0.05) is 6.07 Å². The molecule has 128 valence electrons. The normalized spacial score (nSPS) is 18.4. The Hall–Kier alpha value is -2.64. The summed E-state index contributed by atoms with van der Waals surface area (Å²) in [4.78, 5) is 16.2. The van der Waals surface area contributed by atoms with Gasteiger partial charge in [0, 0.05) is 25.1 Å². The number of amides is 2. The number of urea groups is 1. The summed E-state index contributed by atoms with van der Waals surface area (Å²) in [5, 5.41) is 9.74. The van der Waals surface area contributed by atoms with Crippen molar-refractivity contribution in [3.8, 4) is 5.75 Å². The Morgan fingerprint density at radius 1 is 1.50 bits per heavy atom. The molecule has 2 N–H and O–H groups in total. The fraction of sp³-hybridized carbons (Fsp3) is 0.438. The number of carbonyl (C=O) groups excluding carboxylic acids is 1. The Balaban J connectivity index is 1.68. The molecule has 0 aliphatic carbocycles. The third kappa shape index (κ3) is 3.64. The highest BCUT2D eigenvalue weighted by atomic mass is 19.1. The number of halogens is 1. The van der Waals surface area contributed by atoms with E-state index in [1.54, 1.807) is 24.1 Å². The van der Waals surface area contributed by atoms with Crippen molar-refractivity contribution in [2.75, 3.05) is 0 Å². The van der Waals surface area contributed by atoms with E-state index in [0.29, 0.717) is 18.0 Å². The predicted octanol–water partition coefficient (Wildman–Crippen LogP) is 2.06. The second kappa shape index (κ2) is 6.10. The average Bonchev–Trinajstić information content (AvgIpc) is 2.89. The van der Waals surface area contributed by atoms with E-state index in [1.165, 1.54) is 12.1 Å². The zero-order valence-electron chi connectivity index (χ0n) is 13.8. The van der Waals surface area contributed by atoms with Gasteiger partial charge in [0.2, 0.25) is 0 Å². The van der Waals surface area contributed by atoms with E-state index in [1.807, 2.05) is 13.8 Å². The third-order valence-electron chi connectivity index (χ3n) is 3.79. The van der Waals surface area contributed by atoms with Crippen LogP contribution in [0.1, 0.15) is 37.7 Å². The van der Waals surface area contributed by atoms with Crippen molar-refractivity contribution >= 4 is 6.03 Å². The van der Waals surface area contributed by atoms with Gasteiger partial charge in [0.05, 0.1) is 12.6 Å². The highest BCUT2D eigenvalue weighted by Crippen LogP contribution is 2.39. The van der Waals surface area contributed by atoms with E-state index in [0.717, 1.165) is 5.56 Å². The molecule has 2 heterocycles. The Morgan fingerprint density at radius 2 is 2.29 bits per heavy atom. The van der Waals surface area contributed by atoms with Crippen molar-refractivity contribution in [2.24, 2.45) is 7.05 Å². The molecule has 0 unspecified atom stereocenters. The lowest BCUT2D eigenvalue weighted by Gasteiger charge is -2.37. The molecule has 2 amide bonds. The standard InChI is InChI=1S/C16H20FN5O2/c1-16(2)7-12(11-5-4-10(17)6-13(11)24-16)20-15(23)18-8-14-19-9-22(3)21-14/h4-6,9,12H,7-8H2,1-3H3,(H2,18,20,23)/t12-/m1/s1. The van der Waals surface area contributed by atoms with Crippen molar-refractivity contribution in [3.63, 3.8) is 0 Å². The molecule has 1 aliphatic heterocycles. The van der Waals surface area contributed by atoms with E-state index in [9.17, 15) is 9.18 Å². The number of ether oxygens (including phenoxy) is 1. The molecular weight excluding hydrogens is 313 g/mol. The summed E-state index contributed by atoms with van der Waals surface area (Å²) in [5.74, 6) is 0.626. The SMILES string of the molecule is Cn1cnc(CNC(=O)N[C@@H]2CC(C)(C)Oc3cc(F)ccc32)n1. The van der Waals surface area contributed by atoms with Gasteiger partial charge in [0.1, 0.15) is 23.5 Å². The van der Waals surface area contributed by atoms with Crippen LogP contribution in [0.3, 0.4) is 0 Å². The molecule has 0 saturated heterocycles. The maximum Gasteiger partial charge on any atom is 0.315 e. The Morgan fingerprint density at radius 3 is 3.00 bits per heavy atom. The second-order valence-electron chi connectivity index (χ2n) is 6.46.